The second kappa shape index (κ2) is 7.49. The molecule has 0 heterocycles. The van der Waals surface area contributed by atoms with Crippen molar-refractivity contribution < 1.29 is 14.3 Å². The van der Waals surface area contributed by atoms with E-state index in [0.717, 1.165) is 12.8 Å². The first-order valence-corrected chi connectivity index (χ1v) is 8.22. The van der Waals surface area contributed by atoms with E-state index in [2.05, 4.69) is 19.2 Å². The summed E-state index contributed by atoms with van der Waals surface area (Å²) in [5.74, 6) is 0.843. The summed E-state index contributed by atoms with van der Waals surface area (Å²) in [6, 6.07) is 7.59. The smallest absolute Gasteiger partial charge is 0.261 e. The number of hydrogen-bond donors (Lipinski definition) is 2. The lowest BCUT2D eigenvalue weighted by molar-refractivity contribution is -0.128. The van der Waals surface area contributed by atoms with Crippen LogP contribution in [0.15, 0.2) is 24.3 Å². The molecular weight excluding hydrogens is 292 g/mol. The largest absolute Gasteiger partial charge is 0.481 e. The zero-order chi connectivity index (χ0) is 17.0. The summed E-state index contributed by atoms with van der Waals surface area (Å²) in [4.78, 5) is 23.4. The first-order valence-electron chi connectivity index (χ1n) is 8.22. The van der Waals surface area contributed by atoms with E-state index < -0.39 is 6.10 Å². The van der Waals surface area contributed by atoms with Crippen LogP contribution in [-0.4, -0.2) is 24.0 Å². The number of nitrogens with two attached hydrogens (primary N) is 1. The van der Waals surface area contributed by atoms with E-state index in [1.165, 1.54) is 5.56 Å². The van der Waals surface area contributed by atoms with Crippen LogP contribution in [-0.2, 0) is 9.59 Å². The van der Waals surface area contributed by atoms with Gasteiger partial charge in [0.15, 0.2) is 6.10 Å². The van der Waals surface area contributed by atoms with E-state index in [9.17, 15) is 9.59 Å². The van der Waals surface area contributed by atoms with Crippen LogP contribution in [0.2, 0.25) is 0 Å². The van der Waals surface area contributed by atoms with E-state index in [1.54, 1.807) is 6.92 Å². The molecule has 1 saturated carbocycles. The molecule has 2 rings (SSSR count). The van der Waals surface area contributed by atoms with Crippen LogP contribution in [0.3, 0.4) is 0 Å². The zero-order valence-corrected chi connectivity index (χ0v) is 14.0. The Hall–Kier alpha value is -2.04. The highest BCUT2D eigenvalue weighted by Gasteiger charge is 2.34. The number of nitrogens with one attached hydrogen (secondary N) is 1. The van der Waals surface area contributed by atoms with Crippen molar-refractivity contribution >= 4 is 11.8 Å². The van der Waals surface area contributed by atoms with Gasteiger partial charge in [0, 0.05) is 12.5 Å². The van der Waals surface area contributed by atoms with Crippen LogP contribution in [0.5, 0.6) is 5.75 Å². The molecule has 1 aliphatic carbocycles. The molecule has 0 radical (unpaired) electrons. The molecule has 1 aromatic rings. The van der Waals surface area contributed by atoms with Gasteiger partial charge in [-0.15, -0.1) is 0 Å². The second-order valence-corrected chi connectivity index (χ2v) is 6.61. The van der Waals surface area contributed by atoms with Gasteiger partial charge in [-0.1, -0.05) is 26.0 Å². The van der Waals surface area contributed by atoms with Gasteiger partial charge in [-0.3, -0.25) is 9.59 Å². The predicted octanol–water partition coefficient (Wildman–Crippen LogP) is 2.35. The third-order valence-corrected chi connectivity index (χ3v) is 4.15. The molecular formula is C18H26N2O3. The monoisotopic (exact) mass is 318 g/mol. The molecule has 1 aromatic carbocycles. The minimum atomic E-state index is -0.619. The van der Waals surface area contributed by atoms with Crippen LogP contribution < -0.4 is 15.8 Å². The second-order valence-electron chi connectivity index (χ2n) is 6.61. The third kappa shape index (κ3) is 5.27. The summed E-state index contributed by atoms with van der Waals surface area (Å²) in [6.45, 7) is 5.93. The lowest BCUT2D eigenvalue weighted by Gasteiger charge is -2.21. The van der Waals surface area contributed by atoms with Crippen LogP contribution in [0.1, 0.15) is 51.5 Å². The Labute approximate surface area is 137 Å². The lowest BCUT2D eigenvalue weighted by Crippen LogP contribution is -2.45. The van der Waals surface area contributed by atoms with E-state index in [4.69, 9.17) is 10.5 Å². The Morgan fingerprint density at radius 3 is 2.57 bits per heavy atom. The van der Waals surface area contributed by atoms with Crippen molar-refractivity contribution in [2.24, 2.45) is 11.7 Å². The standard InChI is InChI=1S/C18H26N2O3/c1-11(2)14-5-4-6-15(9-14)23-12(3)18(22)20-16(10-17(19)21)13-7-8-13/h4-6,9,11-13,16H,7-8,10H2,1-3H3,(H2,19,21)(H,20,22)/t12-,16+/m1/s1. The van der Waals surface area contributed by atoms with Gasteiger partial charge in [0.2, 0.25) is 5.91 Å². The molecule has 0 aromatic heterocycles. The summed E-state index contributed by atoms with van der Waals surface area (Å²) in [5, 5.41) is 2.90. The van der Waals surface area contributed by atoms with Gasteiger partial charge in [-0.2, -0.15) is 0 Å². The van der Waals surface area contributed by atoms with Crippen molar-refractivity contribution in [3.63, 3.8) is 0 Å². The summed E-state index contributed by atoms with van der Waals surface area (Å²) in [5.41, 5.74) is 6.42. The fourth-order valence-corrected chi connectivity index (χ4v) is 2.56. The van der Waals surface area contributed by atoms with Crippen LogP contribution in [0.25, 0.3) is 0 Å². The average molecular weight is 318 g/mol. The zero-order valence-electron chi connectivity index (χ0n) is 14.0. The maximum Gasteiger partial charge on any atom is 0.261 e. The molecule has 1 aliphatic rings. The highest BCUT2D eigenvalue weighted by molar-refractivity contribution is 5.82. The maximum atomic E-state index is 12.3. The highest BCUT2D eigenvalue weighted by Crippen LogP contribution is 2.34. The van der Waals surface area contributed by atoms with E-state index in [1.807, 2.05) is 24.3 Å². The summed E-state index contributed by atoms with van der Waals surface area (Å²) >= 11 is 0. The Bertz CT molecular complexity index is 567. The van der Waals surface area contributed by atoms with Gasteiger partial charge in [-0.25, -0.2) is 0 Å². The molecule has 23 heavy (non-hydrogen) atoms. The molecule has 1 fully saturated rings. The average Bonchev–Trinajstić information content (AvgIpc) is 3.30. The van der Waals surface area contributed by atoms with Crippen molar-refractivity contribution in [1.29, 1.82) is 0 Å². The Morgan fingerprint density at radius 2 is 2.00 bits per heavy atom. The molecule has 2 amide bonds. The van der Waals surface area contributed by atoms with Crippen molar-refractivity contribution in [3.8, 4) is 5.75 Å². The number of hydrogen-bond acceptors (Lipinski definition) is 3. The minimum absolute atomic E-state index is 0.173. The Morgan fingerprint density at radius 1 is 1.30 bits per heavy atom. The molecule has 126 valence electrons. The number of primary amides is 1. The molecule has 2 atom stereocenters. The Balaban J connectivity index is 1.93. The fourth-order valence-electron chi connectivity index (χ4n) is 2.56. The molecule has 3 N–H and O–H groups in total. The van der Waals surface area contributed by atoms with Gasteiger partial charge in [-0.05, 0) is 49.3 Å². The predicted molar refractivity (Wildman–Crippen MR) is 89.1 cm³/mol. The molecule has 0 aliphatic heterocycles. The van der Waals surface area contributed by atoms with Crippen LogP contribution in [0.4, 0.5) is 0 Å². The van der Waals surface area contributed by atoms with Gasteiger partial charge in [0.1, 0.15) is 5.75 Å². The number of carbonyl (C=O) groups is 2. The van der Waals surface area contributed by atoms with E-state index in [0.29, 0.717) is 17.6 Å². The SMILES string of the molecule is CC(C)c1cccc(O[C@H](C)C(=O)N[C@@H](CC(N)=O)C2CC2)c1. The van der Waals surface area contributed by atoms with E-state index in [-0.39, 0.29) is 24.3 Å². The topological polar surface area (TPSA) is 81.4 Å². The first-order chi connectivity index (χ1) is 10.9. The molecule has 0 bridgehead atoms. The fraction of sp³-hybridized carbons (Fsp3) is 0.556. The summed E-state index contributed by atoms with van der Waals surface area (Å²) in [7, 11) is 0. The molecule has 0 saturated heterocycles. The van der Waals surface area contributed by atoms with Crippen molar-refractivity contribution in [2.45, 2.75) is 58.1 Å². The highest BCUT2D eigenvalue weighted by atomic mass is 16.5. The maximum absolute atomic E-state index is 12.3. The number of ether oxygens (including phenoxy) is 1. The van der Waals surface area contributed by atoms with Crippen molar-refractivity contribution in [1.82, 2.24) is 5.32 Å². The van der Waals surface area contributed by atoms with Gasteiger partial charge in [0.05, 0.1) is 0 Å². The third-order valence-electron chi connectivity index (χ3n) is 4.15. The van der Waals surface area contributed by atoms with Gasteiger partial charge >= 0.3 is 0 Å². The van der Waals surface area contributed by atoms with E-state index >= 15 is 0 Å². The molecule has 0 unspecified atom stereocenters. The number of benzene rings is 1. The first kappa shape index (κ1) is 17.3. The summed E-state index contributed by atoms with van der Waals surface area (Å²) in [6.07, 6.45) is 1.63. The van der Waals surface area contributed by atoms with Gasteiger partial charge in [0.25, 0.3) is 5.91 Å². The molecule has 5 nitrogen and oxygen atoms in total. The minimum Gasteiger partial charge on any atom is -0.481 e. The Kier molecular flexibility index (Phi) is 5.64. The quantitative estimate of drug-likeness (QED) is 0.772. The number of rotatable bonds is 8. The van der Waals surface area contributed by atoms with Crippen LogP contribution >= 0.6 is 0 Å². The van der Waals surface area contributed by atoms with Crippen molar-refractivity contribution in [2.75, 3.05) is 0 Å². The summed E-state index contributed by atoms with van der Waals surface area (Å²) < 4.78 is 5.74. The molecule has 5 heteroatoms. The number of carbonyl (C=O) groups excluding carboxylic acids is 2. The van der Waals surface area contributed by atoms with Gasteiger partial charge < -0.3 is 15.8 Å². The van der Waals surface area contributed by atoms with Crippen LogP contribution in [0, 0.1) is 5.92 Å². The lowest BCUT2D eigenvalue weighted by atomic mass is 10.0. The number of amides is 2. The molecule has 0 spiro atoms. The normalized spacial score (nSPS) is 16.7. The van der Waals surface area contributed by atoms with Crippen molar-refractivity contribution in [3.05, 3.63) is 29.8 Å².